The molecular formula is C31H38N2O. The maximum Gasteiger partial charge on any atom is 0.0434 e. The van der Waals surface area contributed by atoms with Gasteiger partial charge >= 0.3 is 0 Å². The summed E-state index contributed by atoms with van der Waals surface area (Å²) >= 11 is 0. The van der Waals surface area contributed by atoms with Crippen LogP contribution >= 0.6 is 0 Å². The molecule has 1 saturated carbocycles. The molecule has 2 aromatic rings. The minimum Gasteiger partial charge on any atom is -0.399 e. The number of nitrogen functional groups attached to an aromatic ring is 1. The summed E-state index contributed by atoms with van der Waals surface area (Å²) in [5.74, 6) is 0.672. The van der Waals surface area contributed by atoms with Gasteiger partial charge in [-0.2, -0.15) is 0 Å². The maximum absolute atomic E-state index is 9.63. The molecule has 3 nitrogen and oxygen atoms in total. The van der Waals surface area contributed by atoms with E-state index in [2.05, 4.69) is 59.5 Å². The molecule has 0 aromatic heterocycles. The predicted molar refractivity (Wildman–Crippen MR) is 143 cm³/mol. The molecule has 0 amide bonds. The highest BCUT2D eigenvalue weighted by Gasteiger charge is 2.32. The van der Waals surface area contributed by atoms with Crippen molar-refractivity contribution in [3.8, 4) is 0 Å². The lowest BCUT2D eigenvalue weighted by Gasteiger charge is -2.32. The molecule has 0 bridgehead atoms. The standard InChI is InChI=1S/C31H38N2O/c32-28-14-12-27(13-15-28)31(30(7-4-22-34)25-5-2-1-3-6-25)26-10-8-23(9-11-26)24-18-20-33(21-19-24)29-16-17-29/h2,5-6,8-15,24,29,34H,1,3-4,7,16-22,32H2/b31-30+. The lowest BCUT2D eigenvalue weighted by molar-refractivity contribution is 0.203. The number of likely N-dealkylation sites (tertiary alicyclic amines) is 1. The number of aliphatic hydroxyl groups is 1. The van der Waals surface area contributed by atoms with Gasteiger partial charge in [0.25, 0.3) is 0 Å². The molecule has 3 aliphatic rings. The first kappa shape index (κ1) is 23.1. The van der Waals surface area contributed by atoms with Crippen LogP contribution in [0.15, 0.2) is 77.9 Å². The van der Waals surface area contributed by atoms with Crippen molar-refractivity contribution < 1.29 is 5.11 Å². The van der Waals surface area contributed by atoms with Gasteiger partial charge < -0.3 is 15.7 Å². The zero-order valence-corrected chi connectivity index (χ0v) is 20.3. The molecule has 3 heteroatoms. The average molecular weight is 455 g/mol. The van der Waals surface area contributed by atoms with Crippen LogP contribution in [-0.2, 0) is 0 Å². The molecule has 0 spiro atoms. The summed E-state index contributed by atoms with van der Waals surface area (Å²) in [5, 5.41) is 9.63. The fourth-order valence-electron chi connectivity index (χ4n) is 5.63. The van der Waals surface area contributed by atoms with Crippen molar-refractivity contribution in [3.63, 3.8) is 0 Å². The van der Waals surface area contributed by atoms with Crippen LogP contribution in [0.2, 0.25) is 0 Å². The number of anilines is 1. The Hall–Kier alpha value is -2.62. The summed E-state index contributed by atoms with van der Waals surface area (Å²) < 4.78 is 0. The van der Waals surface area contributed by atoms with Gasteiger partial charge in [-0.05, 0) is 116 Å². The number of hydrogen-bond donors (Lipinski definition) is 2. The number of benzene rings is 2. The first-order valence-electron chi connectivity index (χ1n) is 13.1. The highest BCUT2D eigenvalue weighted by atomic mass is 16.2. The molecule has 1 aliphatic heterocycles. The molecule has 178 valence electrons. The fourth-order valence-corrected chi connectivity index (χ4v) is 5.63. The van der Waals surface area contributed by atoms with Crippen molar-refractivity contribution in [2.75, 3.05) is 25.4 Å². The Kier molecular flexibility index (Phi) is 7.32. The summed E-state index contributed by atoms with van der Waals surface area (Å²) in [6, 6.07) is 18.5. The normalized spacial score (nSPS) is 20.2. The van der Waals surface area contributed by atoms with E-state index in [4.69, 9.17) is 5.73 Å². The second-order valence-corrected chi connectivity index (χ2v) is 10.1. The summed E-state index contributed by atoms with van der Waals surface area (Å²) in [6.45, 7) is 2.70. The molecule has 2 aliphatic carbocycles. The van der Waals surface area contributed by atoms with Gasteiger partial charge in [0.1, 0.15) is 0 Å². The van der Waals surface area contributed by atoms with E-state index in [0.29, 0.717) is 5.92 Å². The second kappa shape index (κ2) is 10.8. The highest BCUT2D eigenvalue weighted by Crippen LogP contribution is 2.38. The Balaban J connectivity index is 1.48. The Morgan fingerprint density at radius 2 is 1.56 bits per heavy atom. The van der Waals surface area contributed by atoms with E-state index in [1.54, 1.807) is 0 Å². The van der Waals surface area contributed by atoms with E-state index in [9.17, 15) is 5.11 Å². The van der Waals surface area contributed by atoms with Crippen LogP contribution in [0.25, 0.3) is 5.57 Å². The van der Waals surface area contributed by atoms with Crippen LogP contribution in [0.4, 0.5) is 5.69 Å². The molecule has 1 heterocycles. The number of nitrogens with zero attached hydrogens (tertiary/aromatic N) is 1. The SMILES string of the molecule is Nc1ccc(/C(=C(\CCCO)C2=CCCC=C2)c2ccc(C3CCN(C4CC4)CC3)cc2)cc1. The van der Waals surface area contributed by atoms with Crippen molar-refractivity contribution in [1.82, 2.24) is 4.90 Å². The van der Waals surface area contributed by atoms with Crippen molar-refractivity contribution in [2.24, 2.45) is 0 Å². The van der Waals surface area contributed by atoms with E-state index >= 15 is 0 Å². The van der Waals surface area contributed by atoms with E-state index < -0.39 is 0 Å². The summed E-state index contributed by atoms with van der Waals surface area (Å²) in [7, 11) is 0. The molecule has 1 saturated heterocycles. The smallest absolute Gasteiger partial charge is 0.0434 e. The summed E-state index contributed by atoms with van der Waals surface area (Å²) in [6.07, 6.45) is 16.0. The maximum atomic E-state index is 9.63. The number of hydrogen-bond acceptors (Lipinski definition) is 3. The van der Waals surface area contributed by atoms with E-state index in [0.717, 1.165) is 37.4 Å². The predicted octanol–water partition coefficient (Wildman–Crippen LogP) is 6.46. The van der Waals surface area contributed by atoms with Gasteiger partial charge in [-0.25, -0.2) is 0 Å². The van der Waals surface area contributed by atoms with Crippen LogP contribution < -0.4 is 5.73 Å². The van der Waals surface area contributed by atoms with E-state index in [1.807, 2.05) is 12.1 Å². The Labute approximate surface area is 204 Å². The summed E-state index contributed by atoms with van der Waals surface area (Å²) in [4.78, 5) is 2.70. The molecule has 5 rings (SSSR count). The van der Waals surface area contributed by atoms with Gasteiger partial charge in [-0.15, -0.1) is 0 Å². The number of piperidine rings is 1. The molecule has 2 fully saturated rings. The molecule has 0 atom stereocenters. The zero-order chi connectivity index (χ0) is 23.3. The number of rotatable bonds is 8. The van der Waals surface area contributed by atoms with Gasteiger partial charge in [-0.3, -0.25) is 0 Å². The largest absolute Gasteiger partial charge is 0.399 e. The first-order valence-corrected chi connectivity index (χ1v) is 13.1. The highest BCUT2D eigenvalue weighted by molar-refractivity contribution is 5.85. The fraction of sp³-hybridized carbons (Fsp3) is 0.419. The lowest BCUT2D eigenvalue weighted by Crippen LogP contribution is -2.34. The quantitative estimate of drug-likeness (QED) is 0.450. The van der Waals surface area contributed by atoms with Gasteiger partial charge in [0.05, 0.1) is 0 Å². The van der Waals surface area contributed by atoms with Crippen LogP contribution in [0.5, 0.6) is 0 Å². The minimum atomic E-state index is 0.202. The van der Waals surface area contributed by atoms with Crippen molar-refractivity contribution in [3.05, 3.63) is 94.6 Å². The molecule has 34 heavy (non-hydrogen) atoms. The zero-order valence-electron chi connectivity index (χ0n) is 20.3. The van der Waals surface area contributed by atoms with Gasteiger partial charge in [-0.1, -0.05) is 54.6 Å². The van der Waals surface area contributed by atoms with E-state index in [1.165, 1.54) is 72.2 Å². The Morgan fingerprint density at radius 3 is 2.15 bits per heavy atom. The topological polar surface area (TPSA) is 49.5 Å². The van der Waals surface area contributed by atoms with Crippen LogP contribution in [-0.4, -0.2) is 35.7 Å². The first-order chi connectivity index (χ1) is 16.7. The van der Waals surface area contributed by atoms with Gasteiger partial charge in [0.2, 0.25) is 0 Å². The third-order valence-electron chi connectivity index (χ3n) is 7.69. The van der Waals surface area contributed by atoms with Crippen molar-refractivity contribution in [1.29, 1.82) is 0 Å². The van der Waals surface area contributed by atoms with Crippen molar-refractivity contribution >= 4 is 11.3 Å². The lowest BCUT2D eigenvalue weighted by atomic mass is 9.84. The Morgan fingerprint density at radius 1 is 0.882 bits per heavy atom. The van der Waals surface area contributed by atoms with Crippen LogP contribution in [0.3, 0.4) is 0 Å². The van der Waals surface area contributed by atoms with Gasteiger partial charge in [0, 0.05) is 18.3 Å². The number of allylic oxidation sites excluding steroid dienone is 5. The molecule has 0 radical (unpaired) electrons. The van der Waals surface area contributed by atoms with Crippen molar-refractivity contribution in [2.45, 2.75) is 63.3 Å². The minimum absolute atomic E-state index is 0.202. The molecule has 0 unspecified atom stereocenters. The average Bonchev–Trinajstić information content (AvgIpc) is 3.74. The molecular weight excluding hydrogens is 416 g/mol. The molecule has 3 N–H and O–H groups in total. The monoisotopic (exact) mass is 454 g/mol. The number of nitrogens with two attached hydrogens (primary N) is 1. The van der Waals surface area contributed by atoms with Crippen LogP contribution in [0, 0.1) is 0 Å². The van der Waals surface area contributed by atoms with E-state index in [-0.39, 0.29) is 6.61 Å². The van der Waals surface area contributed by atoms with Gasteiger partial charge in [0.15, 0.2) is 0 Å². The summed E-state index contributed by atoms with van der Waals surface area (Å²) in [5.41, 5.74) is 14.6. The molecule has 2 aromatic carbocycles. The van der Waals surface area contributed by atoms with Crippen LogP contribution in [0.1, 0.15) is 74.0 Å². The second-order valence-electron chi connectivity index (χ2n) is 10.1. The third kappa shape index (κ3) is 5.37. The third-order valence-corrected chi connectivity index (χ3v) is 7.69. The number of aliphatic hydroxyl groups excluding tert-OH is 1. The Bertz CT molecular complexity index is 1050.